The summed E-state index contributed by atoms with van der Waals surface area (Å²) in [4.78, 5) is 0. The third-order valence-electron chi connectivity index (χ3n) is 2.23. The van der Waals surface area contributed by atoms with Crippen LogP contribution in [-0.4, -0.2) is 40.1 Å². The molecule has 0 saturated heterocycles. The van der Waals surface area contributed by atoms with Crippen LogP contribution in [0.15, 0.2) is 12.1 Å². The monoisotopic (exact) mass is 221 g/mol. The number of hydrogen-bond acceptors (Lipinski definition) is 5. The van der Waals surface area contributed by atoms with Crippen LogP contribution in [0.1, 0.15) is 11.5 Å². The fourth-order valence-electron chi connectivity index (χ4n) is 1.41. The van der Waals surface area contributed by atoms with Crippen LogP contribution in [0.4, 0.5) is 0 Å². The molecule has 0 unspecified atom stereocenters. The average molecular weight is 221 g/mol. The molecule has 0 aliphatic heterocycles. The molecule has 2 aromatic rings. The number of aromatic nitrogens is 4. The molecular formula is C10H15N5O. The van der Waals surface area contributed by atoms with Crippen LogP contribution >= 0.6 is 0 Å². The van der Waals surface area contributed by atoms with E-state index in [2.05, 4.69) is 20.6 Å². The van der Waals surface area contributed by atoms with E-state index in [0.717, 1.165) is 23.7 Å². The van der Waals surface area contributed by atoms with E-state index in [-0.39, 0.29) is 0 Å². The predicted octanol–water partition coefficient (Wildman–Crippen LogP) is 0.169. The highest BCUT2D eigenvalue weighted by Crippen LogP contribution is 2.02. The Morgan fingerprint density at radius 2 is 2.25 bits per heavy atom. The van der Waals surface area contributed by atoms with Gasteiger partial charge < -0.3 is 10.1 Å². The number of hydrogen-bond donors (Lipinski definition) is 1. The maximum Gasteiger partial charge on any atom is 0.177 e. The van der Waals surface area contributed by atoms with Crippen LogP contribution < -0.4 is 5.32 Å². The Hall–Kier alpha value is -1.53. The first-order valence-corrected chi connectivity index (χ1v) is 5.19. The SMILES string of the molecule is COCCNCc1nnc2ccc(C)nn12. The number of nitrogens with one attached hydrogen (secondary N) is 1. The van der Waals surface area contributed by atoms with Crippen molar-refractivity contribution in [3.05, 3.63) is 23.7 Å². The van der Waals surface area contributed by atoms with Gasteiger partial charge in [-0.2, -0.15) is 9.61 Å². The van der Waals surface area contributed by atoms with E-state index in [9.17, 15) is 0 Å². The van der Waals surface area contributed by atoms with Gasteiger partial charge in [-0.25, -0.2) is 0 Å². The van der Waals surface area contributed by atoms with Gasteiger partial charge in [-0.3, -0.25) is 0 Å². The van der Waals surface area contributed by atoms with E-state index >= 15 is 0 Å². The van der Waals surface area contributed by atoms with Crippen LogP contribution in [0, 0.1) is 6.92 Å². The lowest BCUT2D eigenvalue weighted by Crippen LogP contribution is -2.20. The molecule has 0 aliphatic rings. The Bertz CT molecular complexity index is 467. The highest BCUT2D eigenvalue weighted by atomic mass is 16.5. The second kappa shape index (κ2) is 5.00. The molecule has 2 heterocycles. The minimum atomic E-state index is 0.640. The molecular weight excluding hydrogens is 206 g/mol. The van der Waals surface area contributed by atoms with Crippen molar-refractivity contribution in [3.8, 4) is 0 Å². The van der Waals surface area contributed by atoms with Crippen molar-refractivity contribution in [3.63, 3.8) is 0 Å². The molecule has 2 rings (SSSR count). The topological polar surface area (TPSA) is 64.3 Å². The molecule has 6 heteroatoms. The molecule has 0 radical (unpaired) electrons. The number of fused-ring (bicyclic) bond motifs is 1. The van der Waals surface area contributed by atoms with E-state index in [0.29, 0.717) is 13.2 Å². The second-order valence-electron chi connectivity index (χ2n) is 3.53. The number of methoxy groups -OCH3 is 1. The molecule has 86 valence electrons. The van der Waals surface area contributed by atoms with E-state index in [1.165, 1.54) is 0 Å². The van der Waals surface area contributed by atoms with Gasteiger partial charge in [0.1, 0.15) is 0 Å². The fourth-order valence-corrected chi connectivity index (χ4v) is 1.41. The lowest BCUT2D eigenvalue weighted by molar-refractivity contribution is 0.199. The van der Waals surface area contributed by atoms with E-state index in [1.807, 2.05) is 19.1 Å². The highest BCUT2D eigenvalue weighted by Gasteiger charge is 2.05. The van der Waals surface area contributed by atoms with Crippen LogP contribution in [-0.2, 0) is 11.3 Å². The molecule has 2 aromatic heterocycles. The van der Waals surface area contributed by atoms with Gasteiger partial charge in [0.05, 0.1) is 18.8 Å². The number of nitrogens with zero attached hydrogens (tertiary/aromatic N) is 4. The highest BCUT2D eigenvalue weighted by molar-refractivity contribution is 5.35. The van der Waals surface area contributed by atoms with Crippen molar-refractivity contribution in [1.82, 2.24) is 25.1 Å². The van der Waals surface area contributed by atoms with Gasteiger partial charge in [-0.05, 0) is 19.1 Å². The Morgan fingerprint density at radius 3 is 3.06 bits per heavy atom. The van der Waals surface area contributed by atoms with Gasteiger partial charge in [-0.1, -0.05) is 0 Å². The minimum absolute atomic E-state index is 0.640. The predicted molar refractivity (Wildman–Crippen MR) is 59.1 cm³/mol. The van der Waals surface area contributed by atoms with Crippen LogP contribution in [0.2, 0.25) is 0 Å². The molecule has 0 spiro atoms. The Morgan fingerprint density at radius 1 is 1.38 bits per heavy atom. The summed E-state index contributed by atoms with van der Waals surface area (Å²) in [5.41, 5.74) is 1.72. The van der Waals surface area contributed by atoms with E-state index in [4.69, 9.17) is 4.74 Å². The van der Waals surface area contributed by atoms with Crippen molar-refractivity contribution in [2.75, 3.05) is 20.3 Å². The molecule has 1 N–H and O–H groups in total. The average Bonchev–Trinajstić information content (AvgIpc) is 2.67. The van der Waals surface area contributed by atoms with E-state index in [1.54, 1.807) is 11.6 Å². The summed E-state index contributed by atoms with van der Waals surface area (Å²) in [6.07, 6.45) is 0. The summed E-state index contributed by atoms with van der Waals surface area (Å²) in [5.74, 6) is 0.815. The van der Waals surface area contributed by atoms with Gasteiger partial charge in [0.15, 0.2) is 11.5 Å². The van der Waals surface area contributed by atoms with Crippen molar-refractivity contribution >= 4 is 5.65 Å². The molecule has 16 heavy (non-hydrogen) atoms. The standard InChI is InChI=1S/C10H15N5O/c1-8-3-4-9-12-13-10(15(9)14-8)7-11-5-6-16-2/h3-4,11H,5-7H2,1-2H3. The maximum atomic E-state index is 4.95. The molecule has 0 atom stereocenters. The lowest BCUT2D eigenvalue weighted by Gasteiger charge is -2.02. The first-order chi connectivity index (χ1) is 7.81. The minimum Gasteiger partial charge on any atom is -0.383 e. The van der Waals surface area contributed by atoms with Gasteiger partial charge >= 0.3 is 0 Å². The van der Waals surface area contributed by atoms with Crippen LogP contribution in [0.5, 0.6) is 0 Å². The summed E-state index contributed by atoms with van der Waals surface area (Å²) in [5, 5.41) is 15.7. The van der Waals surface area contributed by atoms with Crippen molar-refractivity contribution < 1.29 is 4.74 Å². The van der Waals surface area contributed by atoms with E-state index < -0.39 is 0 Å². The Kier molecular flexibility index (Phi) is 3.43. The zero-order valence-electron chi connectivity index (χ0n) is 9.47. The number of ether oxygens (including phenoxy) is 1. The summed E-state index contributed by atoms with van der Waals surface area (Å²) >= 11 is 0. The van der Waals surface area contributed by atoms with Gasteiger partial charge in [0.2, 0.25) is 0 Å². The molecule has 6 nitrogen and oxygen atoms in total. The lowest BCUT2D eigenvalue weighted by atomic mass is 10.4. The van der Waals surface area contributed by atoms with Gasteiger partial charge in [0, 0.05) is 13.7 Å². The van der Waals surface area contributed by atoms with Crippen LogP contribution in [0.25, 0.3) is 5.65 Å². The second-order valence-corrected chi connectivity index (χ2v) is 3.53. The Balaban J connectivity index is 2.09. The zero-order chi connectivity index (χ0) is 11.4. The van der Waals surface area contributed by atoms with Gasteiger partial charge in [0.25, 0.3) is 0 Å². The summed E-state index contributed by atoms with van der Waals surface area (Å²) in [6, 6.07) is 3.83. The third-order valence-corrected chi connectivity index (χ3v) is 2.23. The third kappa shape index (κ3) is 2.34. The van der Waals surface area contributed by atoms with Crippen LogP contribution in [0.3, 0.4) is 0 Å². The smallest absolute Gasteiger partial charge is 0.177 e. The normalized spacial score (nSPS) is 11.1. The quantitative estimate of drug-likeness (QED) is 0.729. The summed E-state index contributed by atoms with van der Waals surface area (Å²) in [6.45, 7) is 4.06. The van der Waals surface area contributed by atoms with Gasteiger partial charge in [-0.15, -0.1) is 10.2 Å². The molecule has 0 bridgehead atoms. The number of aryl methyl sites for hydroxylation is 1. The summed E-state index contributed by atoms with van der Waals surface area (Å²) < 4.78 is 6.71. The molecule has 0 aliphatic carbocycles. The number of rotatable bonds is 5. The summed E-state index contributed by atoms with van der Waals surface area (Å²) in [7, 11) is 1.68. The Labute approximate surface area is 93.6 Å². The molecule has 0 amide bonds. The zero-order valence-corrected chi connectivity index (χ0v) is 9.47. The molecule has 0 aromatic carbocycles. The van der Waals surface area contributed by atoms with Crippen molar-refractivity contribution in [2.24, 2.45) is 0 Å². The first-order valence-electron chi connectivity index (χ1n) is 5.19. The molecule has 0 saturated carbocycles. The first kappa shape index (κ1) is 11.0. The maximum absolute atomic E-state index is 4.95. The van der Waals surface area contributed by atoms with Crippen molar-refractivity contribution in [2.45, 2.75) is 13.5 Å². The largest absolute Gasteiger partial charge is 0.383 e. The molecule has 0 fully saturated rings. The fraction of sp³-hybridized carbons (Fsp3) is 0.500. The van der Waals surface area contributed by atoms with Crippen molar-refractivity contribution in [1.29, 1.82) is 0 Å².